The van der Waals surface area contributed by atoms with Gasteiger partial charge in [0.15, 0.2) is 0 Å². The van der Waals surface area contributed by atoms with Crippen molar-refractivity contribution in [2.45, 2.75) is 13.8 Å². The average molecular weight is 256 g/mol. The minimum atomic E-state index is 0.543. The second-order valence-electron chi connectivity index (χ2n) is 3.64. The van der Waals surface area contributed by atoms with Crippen LogP contribution >= 0.6 is 23.2 Å². The number of halogens is 2. The lowest BCUT2D eigenvalue weighted by atomic mass is 10.1. The number of nitrogens with zero attached hydrogens (tertiary/aromatic N) is 1. The van der Waals surface area contributed by atoms with Gasteiger partial charge < -0.3 is 4.74 Å². The highest BCUT2D eigenvalue weighted by Gasteiger charge is 2.10. The third-order valence-electron chi connectivity index (χ3n) is 2.67. The Labute approximate surface area is 104 Å². The molecule has 16 heavy (non-hydrogen) atoms. The summed E-state index contributed by atoms with van der Waals surface area (Å²) in [7, 11) is 1.58. The zero-order chi connectivity index (χ0) is 11.9. The van der Waals surface area contributed by atoms with E-state index in [1.165, 1.54) is 0 Å². The van der Waals surface area contributed by atoms with Crippen molar-refractivity contribution < 1.29 is 4.74 Å². The number of hydrogen-bond donors (Lipinski definition) is 0. The van der Waals surface area contributed by atoms with E-state index in [2.05, 4.69) is 4.98 Å². The van der Waals surface area contributed by atoms with Crippen molar-refractivity contribution in [3.63, 3.8) is 0 Å². The van der Waals surface area contributed by atoms with E-state index in [0.717, 1.165) is 22.2 Å². The topological polar surface area (TPSA) is 22.1 Å². The first-order chi connectivity index (χ1) is 7.54. The van der Waals surface area contributed by atoms with E-state index in [-0.39, 0.29) is 0 Å². The van der Waals surface area contributed by atoms with E-state index in [1.54, 1.807) is 19.2 Å². The maximum Gasteiger partial charge on any atom is 0.139 e. The molecule has 0 unspecified atom stereocenters. The monoisotopic (exact) mass is 255 g/mol. The largest absolute Gasteiger partial charge is 0.495 e. The molecule has 2 aromatic rings. The smallest absolute Gasteiger partial charge is 0.139 e. The zero-order valence-corrected chi connectivity index (χ0v) is 10.8. The summed E-state index contributed by atoms with van der Waals surface area (Å²) in [5.74, 6) is 0.612. The van der Waals surface area contributed by atoms with Gasteiger partial charge in [0.1, 0.15) is 5.75 Å². The number of ether oxygens (including phenoxy) is 1. The summed E-state index contributed by atoms with van der Waals surface area (Å²) < 4.78 is 5.15. The van der Waals surface area contributed by atoms with E-state index >= 15 is 0 Å². The van der Waals surface area contributed by atoms with Crippen LogP contribution in [0.4, 0.5) is 0 Å². The number of aromatic nitrogens is 1. The Hall–Kier alpha value is -0.990. The van der Waals surface area contributed by atoms with Crippen molar-refractivity contribution >= 4 is 34.1 Å². The standard InChI is InChI=1S/C12H11Cl2NO/c1-6-7(2)15-10-5-11(16-3)9(13)4-8(10)12(6)14/h4-5H,1-3H3. The van der Waals surface area contributed by atoms with Gasteiger partial charge in [-0.2, -0.15) is 0 Å². The second kappa shape index (κ2) is 4.11. The molecule has 0 saturated heterocycles. The quantitative estimate of drug-likeness (QED) is 0.764. The lowest BCUT2D eigenvalue weighted by molar-refractivity contribution is 0.415. The maximum absolute atomic E-state index is 6.26. The van der Waals surface area contributed by atoms with Crippen LogP contribution in [0.5, 0.6) is 5.75 Å². The van der Waals surface area contributed by atoms with Crippen LogP contribution in [0.3, 0.4) is 0 Å². The van der Waals surface area contributed by atoms with E-state index in [4.69, 9.17) is 27.9 Å². The molecular weight excluding hydrogens is 245 g/mol. The summed E-state index contributed by atoms with van der Waals surface area (Å²) >= 11 is 12.3. The van der Waals surface area contributed by atoms with Gasteiger partial charge in [-0.3, -0.25) is 4.98 Å². The molecule has 0 aliphatic rings. The number of aryl methyl sites for hydroxylation is 1. The van der Waals surface area contributed by atoms with Gasteiger partial charge in [-0.1, -0.05) is 23.2 Å². The summed E-state index contributed by atoms with van der Waals surface area (Å²) in [6.45, 7) is 3.88. The summed E-state index contributed by atoms with van der Waals surface area (Å²) in [5, 5.41) is 2.10. The van der Waals surface area contributed by atoms with Gasteiger partial charge in [0.05, 0.1) is 22.7 Å². The van der Waals surface area contributed by atoms with Crippen molar-refractivity contribution in [3.8, 4) is 5.75 Å². The Bertz CT molecular complexity index is 567. The normalized spacial score (nSPS) is 10.8. The van der Waals surface area contributed by atoms with Gasteiger partial charge in [-0.05, 0) is 25.5 Å². The van der Waals surface area contributed by atoms with Crippen LogP contribution in [-0.4, -0.2) is 12.1 Å². The molecule has 0 fully saturated rings. The molecule has 0 aliphatic carbocycles. The molecule has 1 aromatic carbocycles. The molecule has 4 heteroatoms. The van der Waals surface area contributed by atoms with E-state index in [9.17, 15) is 0 Å². The van der Waals surface area contributed by atoms with Gasteiger partial charge in [-0.15, -0.1) is 0 Å². The molecular formula is C12H11Cl2NO. The Kier molecular flexibility index (Phi) is 2.96. The first-order valence-corrected chi connectivity index (χ1v) is 5.60. The first-order valence-electron chi connectivity index (χ1n) is 4.84. The van der Waals surface area contributed by atoms with Gasteiger partial charge in [0.25, 0.3) is 0 Å². The number of rotatable bonds is 1. The van der Waals surface area contributed by atoms with Crippen molar-refractivity contribution in [1.29, 1.82) is 0 Å². The highest BCUT2D eigenvalue weighted by molar-refractivity contribution is 6.37. The molecule has 84 valence electrons. The fraction of sp³-hybridized carbons (Fsp3) is 0.250. The van der Waals surface area contributed by atoms with Crippen LogP contribution < -0.4 is 4.74 Å². The van der Waals surface area contributed by atoms with Gasteiger partial charge in [-0.25, -0.2) is 0 Å². The molecule has 0 amide bonds. The van der Waals surface area contributed by atoms with Gasteiger partial charge >= 0.3 is 0 Å². The maximum atomic E-state index is 6.26. The second-order valence-corrected chi connectivity index (χ2v) is 4.43. The highest BCUT2D eigenvalue weighted by atomic mass is 35.5. The molecule has 1 heterocycles. The SMILES string of the molecule is COc1cc2nc(C)c(C)c(Cl)c2cc1Cl. The molecule has 0 spiro atoms. The Morgan fingerprint density at radius 1 is 1.19 bits per heavy atom. The zero-order valence-electron chi connectivity index (χ0n) is 9.27. The molecule has 2 nitrogen and oxygen atoms in total. The molecule has 1 aromatic heterocycles. The third kappa shape index (κ3) is 1.72. The number of benzene rings is 1. The third-order valence-corrected chi connectivity index (χ3v) is 3.45. The van der Waals surface area contributed by atoms with Crippen molar-refractivity contribution in [2.24, 2.45) is 0 Å². The van der Waals surface area contributed by atoms with E-state index in [0.29, 0.717) is 15.8 Å². The molecule has 0 N–H and O–H groups in total. The molecule has 0 atom stereocenters. The fourth-order valence-electron chi connectivity index (χ4n) is 1.59. The Morgan fingerprint density at radius 3 is 2.50 bits per heavy atom. The van der Waals surface area contributed by atoms with E-state index < -0.39 is 0 Å². The number of hydrogen-bond acceptors (Lipinski definition) is 2. The van der Waals surface area contributed by atoms with Crippen LogP contribution in [0.25, 0.3) is 10.9 Å². The predicted molar refractivity (Wildman–Crippen MR) is 67.8 cm³/mol. The fourth-order valence-corrected chi connectivity index (χ4v) is 2.12. The number of fused-ring (bicyclic) bond motifs is 1. The Morgan fingerprint density at radius 2 is 1.88 bits per heavy atom. The molecule has 2 rings (SSSR count). The van der Waals surface area contributed by atoms with Crippen LogP contribution in [0.15, 0.2) is 12.1 Å². The van der Waals surface area contributed by atoms with Gasteiger partial charge in [0.2, 0.25) is 0 Å². The van der Waals surface area contributed by atoms with Crippen LogP contribution in [-0.2, 0) is 0 Å². The van der Waals surface area contributed by atoms with Crippen molar-refractivity contribution in [2.75, 3.05) is 7.11 Å². The van der Waals surface area contributed by atoms with Crippen molar-refractivity contribution in [1.82, 2.24) is 4.98 Å². The molecule has 0 aliphatic heterocycles. The highest BCUT2D eigenvalue weighted by Crippen LogP contribution is 2.34. The molecule has 0 saturated carbocycles. The average Bonchev–Trinajstić information content (AvgIpc) is 2.27. The summed E-state index contributed by atoms with van der Waals surface area (Å²) in [4.78, 5) is 4.46. The minimum Gasteiger partial charge on any atom is -0.495 e. The number of pyridine rings is 1. The lowest BCUT2D eigenvalue weighted by Crippen LogP contribution is -1.92. The lowest BCUT2D eigenvalue weighted by Gasteiger charge is -2.09. The minimum absolute atomic E-state index is 0.543. The summed E-state index contributed by atoms with van der Waals surface area (Å²) in [6, 6.07) is 3.59. The van der Waals surface area contributed by atoms with E-state index in [1.807, 2.05) is 13.8 Å². The number of methoxy groups -OCH3 is 1. The predicted octanol–water partition coefficient (Wildman–Crippen LogP) is 4.17. The van der Waals surface area contributed by atoms with Gasteiger partial charge in [0, 0.05) is 17.1 Å². The van der Waals surface area contributed by atoms with Crippen LogP contribution in [0.2, 0.25) is 10.0 Å². The molecule has 0 bridgehead atoms. The first kappa shape index (κ1) is 11.5. The van der Waals surface area contributed by atoms with Crippen molar-refractivity contribution in [3.05, 3.63) is 33.4 Å². The summed E-state index contributed by atoms with van der Waals surface area (Å²) in [5.41, 5.74) is 2.70. The van der Waals surface area contributed by atoms with Crippen LogP contribution in [0, 0.1) is 13.8 Å². The summed E-state index contributed by atoms with van der Waals surface area (Å²) in [6.07, 6.45) is 0. The molecule has 0 radical (unpaired) electrons. The Balaban J connectivity index is 2.86. The van der Waals surface area contributed by atoms with Crippen LogP contribution in [0.1, 0.15) is 11.3 Å².